The highest BCUT2D eigenvalue weighted by Gasteiger charge is 2.02. The van der Waals surface area contributed by atoms with Crippen LogP contribution in [0.1, 0.15) is 29.8 Å². The molecule has 0 saturated heterocycles. The van der Waals surface area contributed by atoms with E-state index in [1.807, 2.05) is 32.9 Å². The summed E-state index contributed by atoms with van der Waals surface area (Å²) in [7, 11) is 0. The lowest BCUT2D eigenvalue weighted by atomic mass is 10.1. The predicted octanol–water partition coefficient (Wildman–Crippen LogP) is 3.40. The molecule has 0 aliphatic carbocycles. The van der Waals surface area contributed by atoms with Gasteiger partial charge in [-0.1, -0.05) is 32.0 Å². The molecule has 0 radical (unpaired) electrons. The first kappa shape index (κ1) is 11.2. The molecule has 0 aromatic heterocycles. The summed E-state index contributed by atoms with van der Waals surface area (Å²) in [6.07, 6.45) is 0. The SMILES string of the molecule is CC.Cc1ccccc1C(=O)Cl. The van der Waals surface area contributed by atoms with Gasteiger partial charge in [0.2, 0.25) is 0 Å². The molecule has 0 N–H and O–H groups in total. The molecule has 1 aromatic carbocycles. The highest BCUT2D eigenvalue weighted by Crippen LogP contribution is 2.08. The van der Waals surface area contributed by atoms with Gasteiger partial charge in [-0.05, 0) is 30.2 Å². The molecule has 0 fully saturated rings. The van der Waals surface area contributed by atoms with E-state index >= 15 is 0 Å². The Morgan fingerprint density at radius 3 is 2.08 bits per heavy atom. The van der Waals surface area contributed by atoms with Gasteiger partial charge in [0.15, 0.2) is 0 Å². The van der Waals surface area contributed by atoms with Crippen molar-refractivity contribution in [3.8, 4) is 0 Å². The summed E-state index contributed by atoms with van der Waals surface area (Å²) >= 11 is 5.27. The van der Waals surface area contributed by atoms with E-state index in [9.17, 15) is 4.79 Å². The largest absolute Gasteiger partial charge is 0.276 e. The maximum atomic E-state index is 10.6. The van der Waals surface area contributed by atoms with Crippen LogP contribution >= 0.6 is 11.6 Å². The number of halogens is 1. The van der Waals surface area contributed by atoms with Crippen molar-refractivity contribution in [1.29, 1.82) is 0 Å². The molecule has 0 bridgehead atoms. The number of aryl methyl sites for hydroxylation is 1. The molecule has 12 heavy (non-hydrogen) atoms. The molecule has 66 valence electrons. The van der Waals surface area contributed by atoms with Crippen LogP contribution in [0.4, 0.5) is 0 Å². The fourth-order valence-electron chi connectivity index (χ4n) is 0.793. The van der Waals surface area contributed by atoms with E-state index < -0.39 is 5.24 Å². The third kappa shape index (κ3) is 3.05. The third-order valence-electron chi connectivity index (χ3n) is 1.36. The summed E-state index contributed by atoms with van der Waals surface area (Å²) < 4.78 is 0. The van der Waals surface area contributed by atoms with E-state index in [4.69, 9.17) is 11.6 Å². The molecule has 0 atom stereocenters. The van der Waals surface area contributed by atoms with Crippen LogP contribution in [0.2, 0.25) is 0 Å². The van der Waals surface area contributed by atoms with Crippen molar-refractivity contribution in [2.45, 2.75) is 20.8 Å². The van der Waals surface area contributed by atoms with Crippen molar-refractivity contribution in [1.82, 2.24) is 0 Å². The van der Waals surface area contributed by atoms with Crippen molar-refractivity contribution in [3.05, 3.63) is 35.4 Å². The zero-order valence-corrected chi connectivity index (χ0v) is 8.35. The first-order valence-electron chi connectivity index (χ1n) is 3.97. The molecule has 0 heterocycles. The lowest BCUT2D eigenvalue weighted by Crippen LogP contribution is -1.90. The average molecular weight is 185 g/mol. The Morgan fingerprint density at radius 1 is 1.25 bits per heavy atom. The number of carbonyl (C=O) groups is 1. The van der Waals surface area contributed by atoms with Gasteiger partial charge in [-0.25, -0.2) is 0 Å². The normalized spacial score (nSPS) is 8.33. The van der Waals surface area contributed by atoms with Crippen LogP contribution in [0.3, 0.4) is 0 Å². The number of benzene rings is 1. The van der Waals surface area contributed by atoms with Crippen molar-refractivity contribution in [3.63, 3.8) is 0 Å². The topological polar surface area (TPSA) is 17.1 Å². The van der Waals surface area contributed by atoms with E-state index in [1.165, 1.54) is 0 Å². The average Bonchev–Trinajstić information content (AvgIpc) is 2.08. The van der Waals surface area contributed by atoms with Gasteiger partial charge in [-0.3, -0.25) is 4.79 Å². The summed E-state index contributed by atoms with van der Waals surface area (Å²) in [4.78, 5) is 10.6. The lowest BCUT2D eigenvalue weighted by Gasteiger charge is -1.96. The summed E-state index contributed by atoms with van der Waals surface area (Å²) in [6, 6.07) is 7.24. The third-order valence-corrected chi connectivity index (χ3v) is 1.56. The first-order valence-corrected chi connectivity index (χ1v) is 4.35. The quantitative estimate of drug-likeness (QED) is 0.612. The van der Waals surface area contributed by atoms with Crippen molar-refractivity contribution >= 4 is 16.8 Å². The molecular weight excluding hydrogens is 172 g/mol. The number of carbonyl (C=O) groups excluding carboxylic acids is 1. The Morgan fingerprint density at radius 2 is 1.75 bits per heavy atom. The zero-order valence-electron chi connectivity index (χ0n) is 7.60. The van der Waals surface area contributed by atoms with Gasteiger partial charge in [0.05, 0.1) is 0 Å². The molecule has 0 amide bonds. The van der Waals surface area contributed by atoms with Crippen LogP contribution in [-0.2, 0) is 0 Å². The molecule has 0 aliphatic heterocycles. The highest BCUT2D eigenvalue weighted by molar-refractivity contribution is 6.67. The van der Waals surface area contributed by atoms with Gasteiger partial charge in [-0.2, -0.15) is 0 Å². The van der Waals surface area contributed by atoms with Gasteiger partial charge in [0.25, 0.3) is 5.24 Å². The van der Waals surface area contributed by atoms with E-state index in [1.54, 1.807) is 12.1 Å². The molecule has 0 saturated carbocycles. The second-order valence-corrected chi connectivity index (χ2v) is 2.43. The van der Waals surface area contributed by atoms with Crippen LogP contribution in [0.5, 0.6) is 0 Å². The van der Waals surface area contributed by atoms with Gasteiger partial charge in [-0.15, -0.1) is 0 Å². The molecule has 2 heteroatoms. The summed E-state index contributed by atoms with van der Waals surface area (Å²) in [5.74, 6) is 0. The standard InChI is InChI=1S/C8H7ClO.C2H6/c1-6-4-2-3-5-7(6)8(9)10;1-2/h2-5H,1H3;1-2H3. The minimum absolute atomic E-state index is 0.391. The molecule has 0 aliphatic rings. The molecule has 1 nitrogen and oxygen atoms in total. The highest BCUT2D eigenvalue weighted by atomic mass is 35.5. The van der Waals surface area contributed by atoms with Crippen LogP contribution in [-0.4, -0.2) is 5.24 Å². The van der Waals surface area contributed by atoms with E-state index in [0.717, 1.165) is 5.56 Å². The Bertz CT molecular complexity index is 256. The van der Waals surface area contributed by atoms with Crippen LogP contribution < -0.4 is 0 Å². The Labute approximate surface area is 78.4 Å². The fraction of sp³-hybridized carbons (Fsp3) is 0.300. The van der Waals surface area contributed by atoms with Crippen molar-refractivity contribution < 1.29 is 4.79 Å². The second-order valence-electron chi connectivity index (χ2n) is 2.09. The van der Waals surface area contributed by atoms with E-state index in [0.29, 0.717) is 5.56 Å². The molecule has 0 spiro atoms. The van der Waals surface area contributed by atoms with Gasteiger partial charge >= 0.3 is 0 Å². The Hall–Kier alpha value is -0.820. The minimum atomic E-state index is -0.391. The molecule has 1 rings (SSSR count). The summed E-state index contributed by atoms with van der Waals surface area (Å²) in [6.45, 7) is 5.86. The number of rotatable bonds is 1. The van der Waals surface area contributed by atoms with Crippen LogP contribution in [0.15, 0.2) is 24.3 Å². The number of hydrogen-bond donors (Lipinski definition) is 0. The van der Waals surface area contributed by atoms with E-state index in [-0.39, 0.29) is 0 Å². The molecule has 0 unspecified atom stereocenters. The van der Waals surface area contributed by atoms with Gasteiger partial charge in [0, 0.05) is 5.56 Å². The second kappa shape index (κ2) is 5.78. The summed E-state index contributed by atoms with van der Waals surface area (Å²) in [5.41, 5.74) is 1.51. The summed E-state index contributed by atoms with van der Waals surface area (Å²) in [5, 5.41) is -0.391. The predicted molar refractivity (Wildman–Crippen MR) is 52.7 cm³/mol. The van der Waals surface area contributed by atoms with Crippen molar-refractivity contribution in [2.24, 2.45) is 0 Å². The Balaban J connectivity index is 0.000000561. The van der Waals surface area contributed by atoms with Crippen LogP contribution in [0.25, 0.3) is 0 Å². The Kier molecular flexibility index (Phi) is 5.39. The maximum absolute atomic E-state index is 10.6. The van der Waals surface area contributed by atoms with Gasteiger partial charge in [0.1, 0.15) is 0 Å². The smallest absolute Gasteiger partial charge is 0.252 e. The first-order chi connectivity index (χ1) is 5.72. The monoisotopic (exact) mass is 184 g/mol. The van der Waals surface area contributed by atoms with Crippen LogP contribution in [0, 0.1) is 6.92 Å². The molecular formula is C10H13ClO. The minimum Gasteiger partial charge on any atom is -0.276 e. The lowest BCUT2D eigenvalue weighted by molar-refractivity contribution is 0.108. The maximum Gasteiger partial charge on any atom is 0.252 e. The van der Waals surface area contributed by atoms with Gasteiger partial charge < -0.3 is 0 Å². The van der Waals surface area contributed by atoms with Crippen molar-refractivity contribution in [2.75, 3.05) is 0 Å². The fourth-order valence-corrected chi connectivity index (χ4v) is 1.01. The number of hydrogen-bond acceptors (Lipinski definition) is 1. The zero-order chi connectivity index (χ0) is 9.56. The molecule has 1 aromatic rings. The van der Waals surface area contributed by atoms with E-state index in [2.05, 4.69) is 0 Å².